The minimum absolute atomic E-state index is 0.164. The number of aliphatic hydroxyl groups excluding tert-OH is 1. The molecule has 1 aromatic carbocycles. The van der Waals surface area contributed by atoms with Crippen molar-refractivity contribution in [3.8, 4) is 0 Å². The number of likely N-dealkylation sites (N-methyl/N-ethyl adjacent to an activating group) is 1. The molecule has 0 aliphatic heterocycles. The van der Waals surface area contributed by atoms with Gasteiger partial charge in [-0.05, 0) is 25.6 Å². The van der Waals surface area contributed by atoms with Crippen molar-refractivity contribution in [1.82, 2.24) is 10.2 Å². The third-order valence-electron chi connectivity index (χ3n) is 3.38. The van der Waals surface area contributed by atoms with Crippen LogP contribution in [0.1, 0.15) is 18.5 Å². The van der Waals surface area contributed by atoms with Gasteiger partial charge in [-0.2, -0.15) is 0 Å². The second kappa shape index (κ2) is 9.32. The Kier molecular flexibility index (Phi) is 8.11. The minimum atomic E-state index is -0.415. The molecule has 1 aromatic rings. The minimum Gasteiger partial charge on any atom is -0.390 e. The lowest BCUT2D eigenvalue weighted by Gasteiger charge is -2.28. The van der Waals surface area contributed by atoms with Gasteiger partial charge in [-0.1, -0.05) is 29.8 Å². The lowest BCUT2D eigenvalue weighted by atomic mass is 10.1. The monoisotopic (exact) mass is 300 g/mol. The Balaban J connectivity index is 2.41. The zero-order chi connectivity index (χ0) is 15.0. The molecule has 1 rings (SSSR count). The van der Waals surface area contributed by atoms with E-state index in [1.54, 1.807) is 7.11 Å². The number of halogens is 1. The number of aliphatic hydroxyl groups is 1. The van der Waals surface area contributed by atoms with E-state index in [1.165, 1.54) is 0 Å². The van der Waals surface area contributed by atoms with E-state index in [9.17, 15) is 5.11 Å². The maximum atomic E-state index is 10.0. The van der Waals surface area contributed by atoms with Crippen LogP contribution in [0.2, 0.25) is 5.02 Å². The molecule has 2 unspecified atom stereocenters. The lowest BCUT2D eigenvalue weighted by Crippen LogP contribution is -2.38. The molecule has 114 valence electrons. The van der Waals surface area contributed by atoms with Crippen LogP contribution in [0.4, 0.5) is 0 Å². The van der Waals surface area contributed by atoms with Crippen LogP contribution < -0.4 is 5.32 Å². The number of methoxy groups -OCH3 is 1. The van der Waals surface area contributed by atoms with E-state index >= 15 is 0 Å². The van der Waals surface area contributed by atoms with Gasteiger partial charge in [0, 0.05) is 37.8 Å². The molecule has 0 saturated carbocycles. The van der Waals surface area contributed by atoms with Crippen LogP contribution in [0.3, 0.4) is 0 Å². The first-order chi connectivity index (χ1) is 9.56. The summed E-state index contributed by atoms with van der Waals surface area (Å²) in [6, 6.07) is 7.98. The first-order valence-corrected chi connectivity index (χ1v) is 7.26. The lowest BCUT2D eigenvalue weighted by molar-refractivity contribution is 0.104. The van der Waals surface area contributed by atoms with Crippen LogP contribution in [0.25, 0.3) is 0 Å². The molecule has 0 spiro atoms. The van der Waals surface area contributed by atoms with Crippen molar-refractivity contribution in [2.75, 3.05) is 40.4 Å². The molecular formula is C15H25ClN2O2. The van der Waals surface area contributed by atoms with Crippen LogP contribution in [-0.4, -0.2) is 56.5 Å². The summed E-state index contributed by atoms with van der Waals surface area (Å²) < 4.78 is 4.94. The molecule has 0 aliphatic rings. The molecule has 0 amide bonds. The van der Waals surface area contributed by atoms with E-state index in [4.69, 9.17) is 16.3 Å². The fourth-order valence-corrected chi connectivity index (χ4v) is 2.34. The molecule has 0 aliphatic carbocycles. The van der Waals surface area contributed by atoms with Crippen molar-refractivity contribution in [3.05, 3.63) is 34.9 Å². The number of rotatable bonds is 9. The highest BCUT2D eigenvalue weighted by atomic mass is 35.5. The fourth-order valence-electron chi connectivity index (χ4n) is 2.05. The Bertz CT molecular complexity index is 390. The zero-order valence-corrected chi connectivity index (χ0v) is 13.2. The topological polar surface area (TPSA) is 44.7 Å². The molecule has 0 saturated heterocycles. The number of benzene rings is 1. The Labute approximate surface area is 126 Å². The van der Waals surface area contributed by atoms with Gasteiger partial charge in [-0.25, -0.2) is 0 Å². The molecule has 2 N–H and O–H groups in total. The summed E-state index contributed by atoms with van der Waals surface area (Å²) in [5.41, 5.74) is 1.08. The smallest absolute Gasteiger partial charge is 0.0791 e. The quantitative estimate of drug-likeness (QED) is 0.684. The normalized spacial score (nSPS) is 14.5. The molecule has 0 bridgehead atoms. The zero-order valence-electron chi connectivity index (χ0n) is 12.5. The van der Waals surface area contributed by atoms with E-state index in [0.29, 0.717) is 19.7 Å². The molecule has 4 nitrogen and oxygen atoms in total. The molecule has 5 heteroatoms. The van der Waals surface area contributed by atoms with Gasteiger partial charge in [0.15, 0.2) is 0 Å². The molecule has 0 radical (unpaired) electrons. The highest BCUT2D eigenvalue weighted by Crippen LogP contribution is 2.26. The van der Waals surface area contributed by atoms with Gasteiger partial charge in [0.25, 0.3) is 0 Å². The van der Waals surface area contributed by atoms with Gasteiger partial charge >= 0.3 is 0 Å². The third-order valence-corrected chi connectivity index (χ3v) is 3.72. The van der Waals surface area contributed by atoms with Crippen molar-refractivity contribution in [2.24, 2.45) is 0 Å². The highest BCUT2D eigenvalue weighted by Gasteiger charge is 2.17. The van der Waals surface area contributed by atoms with E-state index in [1.807, 2.05) is 31.3 Å². The summed E-state index contributed by atoms with van der Waals surface area (Å²) >= 11 is 6.20. The van der Waals surface area contributed by atoms with Crippen LogP contribution in [0.5, 0.6) is 0 Å². The summed E-state index contributed by atoms with van der Waals surface area (Å²) in [5.74, 6) is 0. The molecule has 2 atom stereocenters. The Morgan fingerprint density at radius 3 is 2.75 bits per heavy atom. The molecule has 0 fully saturated rings. The van der Waals surface area contributed by atoms with Crippen molar-refractivity contribution in [2.45, 2.75) is 19.1 Å². The largest absolute Gasteiger partial charge is 0.390 e. The first kappa shape index (κ1) is 17.4. The summed E-state index contributed by atoms with van der Waals surface area (Å²) in [4.78, 5) is 2.10. The third kappa shape index (κ3) is 5.77. The SMILES string of the molecule is COCCNCC(O)CN(C)C(C)c1ccccc1Cl. The van der Waals surface area contributed by atoms with Gasteiger partial charge < -0.3 is 15.2 Å². The average molecular weight is 301 g/mol. The number of ether oxygens (including phenoxy) is 1. The average Bonchev–Trinajstić information content (AvgIpc) is 2.43. The second-order valence-electron chi connectivity index (χ2n) is 4.99. The van der Waals surface area contributed by atoms with Crippen molar-refractivity contribution < 1.29 is 9.84 Å². The molecule has 0 aromatic heterocycles. The van der Waals surface area contributed by atoms with Crippen molar-refractivity contribution in [3.63, 3.8) is 0 Å². The molecular weight excluding hydrogens is 276 g/mol. The van der Waals surface area contributed by atoms with E-state index < -0.39 is 6.10 Å². The summed E-state index contributed by atoms with van der Waals surface area (Å²) in [7, 11) is 3.66. The standard InChI is InChI=1S/C15H25ClN2O2/c1-12(14-6-4-5-7-15(14)16)18(2)11-13(19)10-17-8-9-20-3/h4-7,12-13,17,19H,8-11H2,1-3H3. The van der Waals surface area contributed by atoms with Crippen LogP contribution in [0, 0.1) is 0 Å². The van der Waals surface area contributed by atoms with Gasteiger partial charge in [0.1, 0.15) is 0 Å². The number of hydrogen-bond acceptors (Lipinski definition) is 4. The predicted molar refractivity (Wildman–Crippen MR) is 83.2 cm³/mol. The van der Waals surface area contributed by atoms with E-state index in [0.717, 1.165) is 17.1 Å². The predicted octanol–water partition coefficient (Wildman–Crippen LogP) is 1.93. The summed E-state index contributed by atoms with van der Waals surface area (Å²) in [6.07, 6.45) is -0.415. The number of hydrogen-bond donors (Lipinski definition) is 2. The van der Waals surface area contributed by atoms with Crippen molar-refractivity contribution >= 4 is 11.6 Å². The molecule has 20 heavy (non-hydrogen) atoms. The summed E-state index contributed by atoms with van der Waals surface area (Å²) in [5, 5.41) is 13.9. The Hall–Kier alpha value is -0.650. The van der Waals surface area contributed by atoms with Gasteiger partial charge in [0.2, 0.25) is 0 Å². The van der Waals surface area contributed by atoms with Crippen molar-refractivity contribution in [1.29, 1.82) is 0 Å². The van der Waals surface area contributed by atoms with E-state index in [-0.39, 0.29) is 6.04 Å². The van der Waals surface area contributed by atoms with E-state index in [2.05, 4.69) is 17.1 Å². The van der Waals surface area contributed by atoms with Crippen LogP contribution >= 0.6 is 11.6 Å². The summed E-state index contributed by atoms with van der Waals surface area (Å²) in [6.45, 7) is 4.64. The fraction of sp³-hybridized carbons (Fsp3) is 0.600. The maximum absolute atomic E-state index is 10.0. The number of nitrogens with zero attached hydrogens (tertiary/aromatic N) is 1. The van der Waals surface area contributed by atoms with Gasteiger partial charge in [-0.15, -0.1) is 0 Å². The Morgan fingerprint density at radius 1 is 1.40 bits per heavy atom. The maximum Gasteiger partial charge on any atom is 0.0791 e. The van der Waals surface area contributed by atoms with Gasteiger partial charge in [0.05, 0.1) is 12.7 Å². The van der Waals surface area contributed by atoms with Crippen LogP contribution in [0.15, 0.2) is 24.3 Å². The second-order valence-corrected chi connectivity index (χ2v) is 5.40. The number of nitrogens with one attached hydrogen (secondary N) is 1. The Morgan fingerprint density at radius 2 is 2.10 bits per heavy atom. The highest BCUT2D eigenvalue weighted by molar-refractivity contribution is 6.31. The first-order valence-electron chi connectivity index (χ1n) is 6.88. The van der Waals surface area contributed by atoms with Crippen LogP contribution in [-0.2, 0) is 4.74 Å². The van der Waals surface area contributed by atoms with Gasteiger partial charge in [-0.3, -0.25) is 4.90 Å². The molecule has 0 heterocycles.